The first-order valence-electron chi connectivity index (χ1n) is 16.7. The summed E-state index contributed by atoms with van der Waals surface area (Å²) >= 11 is 0. The van der Waals surface area contributed by atoms with E-state index in [-0.39, 0.29) is 6.10 Å². The molecular weight excluding hydrogens is 597 g/mol. The minimum atomic E-state index is -1.23. The molecule has 46 heavy (non-hydrogen) atoms. The zero-order valence-corrected chi connectivity index (χ0v) is 28.5. The molecule has 4 heterocycles. The number of fused-ring (bicyclic) bond motifs is 1. The Labute approximate surface area is 274 Å². The van der Waals surface area contributed by atoms with E-state index in [1.165, 1.54) is 58.0 Å². The number of nitrogens with zero attached hydrogens (tertiary/aromatic N) is 4. The number of H-pyrrole nitrogens is 1. The van der Waals surface area contributed by atoms with Gasteiger partial charge in [0.15, 0.2) is 0 Å². The molecule has 0 atom stereocenters. The van der Waals surface area contributed by atoms with Crippen molar-refractivity contribution in [3.05, 3.63) is 54.7 Å². The Morgan fingerprint density at radius 3 is 2.35 bits per heavy atom. The van der Waals surface area contributed by atoms with Crippen molar-refractivity contribution in [3.63, 3.8) is 0 Å². The quantitative estimate of drug-likeness (QED) is 0.142. The maximum atomic E-state index is 6.39. The van der Waals surface area contributed by atoms with Crippen LogP contribution in [0.2, 0.25) is 0 Å². The lowest BCUT2D eigenvalue weighted by Gasteiger charge is -2.40. The normalized spacial score (nSPS) is 17.0. The second-order valence-corrected chi connectivity index (χ2v) is 14.1. The van der Waals surface area contributed by atoms with Gasteiger partial charge < -0.3 is 39.2 Å². The minimum Gasteiger partial charge on any atom is -0.489 e. The van der Waals surface area contributed by atoms with Gasteiger partial charge in [-0.15, -0.1) is 0 Å². The molecule has 0 radical (unpaired) electrons. The van der Waals surface area contributed by atoms with Gasteiger partial charge >= 0.3 is 0 Å². The predicted molar refractivity (Wildman–Crippen MR) is 190 cm³/mol. The molecule has 2 aliphatic heterocycles. The van der Waals surface area contributed by atoms with E-state index in [0.717, 1.165) is 52.2 Å². The molecule has 0 unspecified atom stereocenters. The van der Waals surface area contributed by atoms with Crippen molar-refractivity contribution in [2.24, 2.45) is 0 Å². The van der Waals surface area contributed by atoms with Gasteiger partial charge in [0.2, 0.25) is 14.3 Å². The summed E-state index contributed by atoms with van der Waals surface area (Å²) in [4.78, 5) is 18.2. The Kier molecular flexibility index (Phi) is 10.9. The fourth-order valence-corrected chi connectivity index (χ4v) is 7.75. The molecule has 0 aliphatic carbocycles. The Bertz CT molecular complexity index is 1560. The van der Waals surface area contributed by atoms with Gasteiger partial charge in [0.25, 0.3) is 0 Å². The van der Waals surface area contributed by atoms with Crippen molar-refractivity contribution in [2.45, 2.75) is 70.9 Å². The van der Waals surface area contributed by atoms with Gasteiger partial charge in [-0.3, -0.25) is 0 Å². The Hall–Kier alpha value is -3.43. The average molecular weight is 646 g/mol. The summed E-state index contributed by atoms with van der Waals surface area (Å²) in [6.45, 7) is 8.76. The lowest BCUT2D eigenvalue weighted by atomic mass is 9.99. The number of likely N-dealkylation sites (tertiary alicyclic amines) is 1. The number of hydrogen-bond donors (Lipinski definition) is 3. The van der Waals surface area contributed by atoms with Crippen LogP contribution in [0.25, 0.3) is 11.0 Å². The predicted octanol–water partition coefficient (Wildman–Crippen LogP) is 7.70. The van der Waals surface area contributed by atoms with Crippen LogP contribution in [0, 0.1) is 0 Å². The molecule has 2 saturated heterocycles. The molecule has 2 aromatic carbocycles. The number of aromatic nitrogens is 3. The Morgan fingerprint density at radius 1 is 0.870 bits per heavy atom. The summed E-state index contributed by atoms with van der Waals surface area (Å²) in [5, 5.41) is 8.78. The zero-order chi connectivity index (χ0) is 31.9. The van der Waals surface area contributed by atoms with Crippen LogP contribution in [0.3, 0.4) is 0 Å². The van der Waals surface area contributed by atoms with Crippen molar-refractivity contribution >= 4 is 53.5 Å². The molecular formula is C35H48N7O3P. The largest absolute Gasteiger partial charge is 0.489 e. The number of hydrogen-bond acceptors (Lipinski definition) is 9. The highest BCUT2D eigenvalue weighted by atomic mass is 31.2. The molecule has 246 valence electrons. The van der Waals surface area contributed by atoms with Crippen LogP contribution in [0.5, 0.6) is 5.75 Å². The van der Waals surface area contributed by atoms with Gasteiger partial charge in [-0.1, -0.05) is 31.4 Å². The summed E-state index contributed by atoms with van der Waals surface area (Å²) in [7, 11) is 2.09. The molecule has 4 aromatic rings. The van der Waals surface area contributed by atoms with Crippen LogP contribution >= 0.6 is 8.38 Å². The van der Waals surface area contributed by atoms with Gasteiger partial charge in [0, 0.05) is 51.3 Å². The highest BCUT2D eigenvalue weighted by Gasteiger charge is 2.27. The number of para-hydroxylation sites is 1. The van der Waals surface area contributed by atoms with Crippen LogP contribution in [-0.2, 0) is 9.05 Å². The van der Waals surface area contributed by atoms with E-state index in [1.807, 2.05) is 36.5 Å². The standard InChI is InChI=1S/C35H48N7O3P/c1-25(2)45-31-24-26(14-15-30(31)42-22-17-27(18-23-42)41-20-10-6-5-7-11-21-41)37-35-39-33-28(16-19-36-33)34(40-35)38-29-12-8-9-13-32(29)46(43-3)44-4/h8-9,12-16,19,24-25,27H,5-7,10-11,17-18,20-23H2,1-4H3,(H3,36,37,38,39,40). The molecule has 2 aliphatic rings. The molecule has 0 spiro atoms. The SMILES string of the molecule is COP(OC)c1ccccc1Nc1nc(Nc2ccc(N3CCC(N4CCCCCCC4)CC3)c(OC(C)C)c2)nc2[nH]ccc12. The monoisotopic (exact) mass is 645 g/mol. The second kappa shape index (κ2) is 15.4. The Morgan fingerprint density at radius 2 is 1.61 bits per heavy atom. The molecule has 0 amide bonds. The van der Waals surface area contributed by atoms with E-state index in [2.05, 4.69) is 57.5 Å². The first-order valence-corrected chi connectivity index (χ1v) is 17.9. The first-order chi connectivity index (χ1) is 22.5. The number of benzene rings is 2. The third kappa shape index (κ3) is 7.74. The third-order valence-electron chi connectivity index (χ3n) is 8.89. The van der Waals surface area contributed by atoms with E-state index in [1.54, 1.807) is 14.2 Å². The molecule has 0 saturated carbocycles. The van der Waals surface area contributed by atoms with Crippen LogP contribution in [0.1, 0.15) is 58.8 Å². The molecule has 11 heteroatoms. The van der Waals surface area contributed by atoms with Crippen molar-refractivity contribution in [3.8, 4) is 5.75 Å². The number of ether oxygens (including phenoxy) is 1. The summed E-state index contributed by atoms with van der Waals surface area (Å²) in [6, 6.07) is 17.0. The maximum absolute atomic E-state index is 6.39. The van der Waals surface area contributed by atoms with Crippen molar-refractivity contribution in [1.82, 2.24) is 19.9 Å². The van der Waals surface area contributed by atoms with Gasteiger partial charge in [0.1, 0.15) is 17.2 Å². The van der Waals surface area contributed by atoms with Crippen LogP contribution in [-0.4, -0.2) is 72.4 Å². The van der Waals surface area contributed by atoms with Crippen LogP contribution in [0.15, 0.2) is 54.7 Å². The highest BCUT2D eigenvalue weighted by Crippen LogP contribution is 2.39. The fourth-order valence-electron chi connectivity index (χ4n) is 6.67. The molecule has 0 bridgehead atoms. The first kappa shape index (κ1) is 32.5. The van der Waals surface area contributed by atoms with Gasteiger partial charge in [-0.25, -0.2) is 0 Å². The number of rotatable bonds is 11. The van der Waals surface area contributed by atoms with Crippen LogP contribution in [0.4, 0.5) is 28.8 Å². The lowest BCUT2D eigenvalue weighted by molar-refractivity contribution is 0.154. The van der Waals surface area contributed by atoms with Gasteiger partial charge in [-0.2, -0.15) is 9.97 Å². The number of aromatic amines is 1. The van der Waals surface area contributed by atoms with Crippen LogP contribution < -0.4 is 25.6 Å². The molecule has 6 rings (SSSR count). The summed E-state index contributed by atoms with van der Waals surface area (Å²) in [5.74, 6) is 2.04. The maximum Gasteiger partial charge on any atom is 0.231 e. The van der Waals surface area contributed by atoms with E-state index in [0.29, 0.717) is 17.8 Å². The van der Waals surface area contributed by atoms with Gasteiger partial charge in [-0.05, 0) is 83.0 Å². The zero-order valence-electron chi connectivity index (χ0n) is 27.6. The molecule has 3 N–H and O–H groups in total. The number of nitrogens with one attached hydrogen (secondary N) is 3. The summed E-state index contributed by atoms with van der Waals surface area (Å²) in [6.07, 6.45) is 11.2. The third-order valence-corrected chi connectivity index (χ3v) is 10.3. The molecule has 2 aromatic heterocycles. The fraction of sp³-hybridized carbons (Fsp3) is 0.486. The van der Waals surface area contributed by atoms with Crippen molar-refractivity contribution in [2.75, 3.05) is 55.9 Å². The molecule has 2 fully saturated rings. The lowest BCUT2D eigenvalue weighted by Crippen LogP contribution is -2.46. The van der Waals surface area contributed by atoms with Crippen molar-refractivity contribution in [1.29, 1.82) is 0 Å². The number of anilines is 5. The number of piperidine rings is 1. The highest BCUT2D eigenvalue weighted by molar-refractivity contribution is 7.56. The van der Waals surface area contributed by atoms with E-state index in [4.69, 9.17) is 23.8 Å². The van der Waals surface area contributed by atoms with Gasteiger partial charge in [0.05, 0.1) is 28.2 Å². The Balaban J connectivity index is 1.21. The second-order valence-electron chi connectivity index (χ2n) is 12.4. The van der Waals surface area contributed by atoms with Crippen molar-refractivity contribution < 1.29 is 13.8 Å². The smallest absolute Gasteiger partial charge is 0.231 e. The topological polar surface area (TPSA) is 99.8 Å². The minimum absolute atomic E-state index is 0.0552. The summed E-state index contributed by atoms with van der Waals surface area (Å²) in [5.41, 5.74) is 3.63. The summed E-state index contributed by atoms with van der Waals surface area (Å²) < 4.78 is 17.6. The van der Waals surface area contributed by atoms with E-state index in [9.17, 15) is 0 Å². The average Bonchev–Trinajstić information content (AvgIpc) is 3.52. The van der Waals surface area contributed by atoms with E-state index < -0.39 is 8.38 Å². The van der Waals surface area contributed by atoms with E-state index >= 15 is 0 Å². The molecule has 10 nitrogen and oxygen atoms in total.